The van der Waals surface area contributed by atoms with Gasteiger partial charge in [-0.05, 0) is 80.3 Å². The number of carbonyl (C=O) groups is 1. The number of nitrogens with one attached hydrogen (secondary N) is 1. The van der Waals surface area contributed by atoms with Crippen LogP contribution in [0.4, 0.5) is 5.69 Å². The second-order valence-electron chi connectivity index (χ2n) is 8.78. The predicted octanol–water partition coefficient (Wildman–Crippen LogP) is 5.29. The minimum Gasteiger partial charge on any atom is -0.462 e. The molecule has 0 bridgehead atoms. The molecule has 0 fully saturated rings. The van der Waals surface area contributed by atoms with Crippen molar-refractivity contribution in [1.29, 1.82) is 0 Å². The first-order valence-electron chi connectivity index (χ1n) is 12.3. The van der Waals surface area contributed by atoms with Gasteiger partial charge in [0.1, 0.15) is 0 Å². The van der Waals surface area contributed by atoms with Crippen molar-refractivity contribution in [2.24, 2.45) is 0 Å². The molecule has 1 N–H and O–H groups in total. The molecule has 0 saturated carbocycles. The Balaban J connectivity index is 1.85. The van der Waals surface area contributed by atoms with E-state index in [1.165, 1.54) is 49.4 Å². The maximum atomic E-state index is 13.7. The molecule has 0 atom stereocenters. The number of benzene rings is 3. The molecule has 0 aliphatic heterocycles. The lowest BCUT2D eigenvalue weighted by molar-refractivity contribution is 0.0528. The topological polar surface area (TPSA) is 112 Å². The van der Waals surface area contributed by atoms with Gasteiger partial charge in [-0.2, -0.15) is 0 Å². The first kappa shape index (κ1) is 27.4. The molecule has 0 spiro atoms. The van der Waals surface area contributed by atoms with E-state index in [4.69, 9.17) is 4.74 Å². The van der Waals surface area contributed by atoms with E-state index in [9.17, 15) is 21.6 Å². The van der Waals surface area contributed by atoms with Crippen molar-refractivity contribution in [2.75, 3.05) is 11.3 Å². The van der Waals surface area contributed by atoms with E-state index in [1.54, 1.807) is 31.2 Å². The smallest absolute Gasteiger partial charge is 0.340 e. The standard InChI is InChI=1S/C28H30N2O6S2/c1-5-20-8-13-23(14-9-20)37(32,33)29-22-12-17-26-25(18-22)27(28(31)36-7-3)19(4)30(26)38(34,35)24-15-10-21(6-2)11-16-24/h8-18,29H,5-7H2,1-4H3. The third-order valence-corrected chi connectivity index (χ3v) is 9.61. The fraction of sp³-hybridized carbons (Fsp3) is 0.250. The summed E-state index contributed by atoms with van der Waals surface area (Å²) in [4.78, 5) is 13.1. The normalized spacial score (nSPS) is 12.0. The number of aryl methyl sites for hydroxylation is 2. The van der Waals surface area contributed by atoms with Gasteiger partial charge >= 0.3 is 5.97 Å². The maximum absolute atomic E-state index is 13.7. The molecule has 10 heteroatoms. The molecule has 3 aromatic carbocycles. The number of aromatic nitrogens is 1. The number of anilines is 1. The zero-order chi connectivity index (χ0) is 27.7. The van der Waals surface area contributed by atoms with E-state index in [2.05, 4.69) is 4.72 Å². The summed E-state index contributed by atoms with van der Waals surface area (Å²) >= 11 is 0. The van der Waals surface area contributed by atoms with Crippen molar-refractivity contribution in [2.45, 2.75) is 50.3 Å². The van der Waals surface area contributed by atoms with E-state index in [-0.39, 0.29) is 44.2 Å². The van der Waals surface area contributed by atoms with E-state index < -0.39 is 26.0 Å². The number of esters is 1. The fourth-order valence-corrected chi connectivity index (χ4v) is 6.96. The number of hydrogen-bond donors (Lipinski definition) is 1. The number of rotatable bonds is 9. The van der Waals surface area contributed by atoms with E-state index in [0.717, 1.165) is 27.9 Å². The molecule has 4 aromatic rings. The van der Waals surface area contributed by atoms with Crippen LogP contribution in [0.5, 0.6) is 0 Å². The summed E-state index contributed by atoms with van der Waals surface area (Å²) in [6.45, 7) is 7.23. The van der Waals surface area contributed by atoms with Crippen LogP contribution in [0, 0.1) is 6.92 Å². The zero-order valence-electron chi connectivity index (χ0n) is 21.7. The van der Waals surface area contributed by atoms with Gasteiger partial charge in [0, 0.05) is 16.8 Å². The predicted molar refractivity (Wildman–Crippen MR) is 148 cm³/mol. The first-order chi connectivity index (χ1) is 18.0. The van der Waals surface area contributed by atoms with E-state index >= 15 is 0 Å². The molecule has 0 amide bonds. The number of hydrogen-bond acceptors (Lipinski definition) is 6. The number of nitrogens with zero attached hydrogens (tertiary/aromatic N) is 1. The van der Waals surface area contributed by atoms with Crippen molar-refractivity contribution in [3.8, 4) is 0 Å². The molecule has 0 unspecified atom stereocenters. The van der Waals surface area contributed by atoms with Crippen molar-refractivity contribution in [1.82, 2.24) is 3.97 Å². The highest BCUT2D eigenvalue weighted by Crippen LogP contribution is 2.33. The highest BCUT2D eigenvalue weighted by atomic mass is 32.2. The number of ether oxygens (including phenoxy) is 1. The lowest BCUT2D eigenvalue weighted by atomic mass is 10.1. The Hall–Kier alpha value is -3.63. The Morgan fingerprint density at radius 3 is 1.89 bits per heavy atom. The van der Waals surface area contributed by atoms with Gasteiger partial charge in [0.15, 0.2) is 0 Å². The highest BCUT2D eigenvalue weighted by molar-refractivity contribution is 7.92. The van der Waals surface area contributed by atoms with Crippen LogP contribution >= 0.6 is 0 Å². The summed E-state index contributed by atoms with van der Waals surface area (Å²) in [5.74, 6) is -0.694. The third-order valence-electron chi connectivity index (χ3n) is 6.39. The summed E-state index contributed by atoms with van der Waals surface area (Å²) in [7, 11) is -8.00. The second-order valence-corrected chi connectivity index (χ2v) is 12.3. The number of carbonyl (C=O) groups excluding carboxylic acids is 1. The summed E-state index contributed by atoms with van der Waals surface area (Å²) in [6.07, 6.45) is 1.54. The SMILES string of the molecule is CCOC(=O)c1c(C)n(S(=O)(=O)c2ccc(CC)cc2)c2ccc(NS(=O)(=O)c3ccc(CC)cc3)cc12. The minimum absolute atomic E-state index is 0.0592. The Labute approximate surface area is 223 Å². The Kier molecular flexibility index (Phi) is 7.66. The van der Waals surface area contributed by atoms with Crippen molar-refractivity contribution < 1.29 is 26.4 Å². The molecule has 0 aliphatic rings. The third kappa shape index (κ3) is 5.06. The molecule has 0 aliphatic carbocycles. The first-order valence-corrected chi connectivity index (χ1v) is 15.2. The van der Waals surface area contributed by atoms with Gasteiger partial charge in [0.2, 0.25) is 0 Å². The quantitative estimate of drug-likeness (QED) is 0.282. The highest BCUT2D eigenvalue weighted by Gasteiger charge is 2.29. The van der Waals surface area contributed by atoms with Gasteiger partial charge in [-0.25, -0.2) is 25.6 Å². The Morgan fingerprint density at radius 2 is 1.37 bits per heavy atom. The molecule has 0 radical (unpaired) electrons. The van der Waals surface area contributed by atoms with Gasteiger partial charge < -0.3 is 4.74 Å². The van der Waals surface area contributed by atoms with Crippen LogP contribution < -0.4 is 4.72 Å². The molecule has 1 heterocycles. The van der Waals surface area contributed by atoms with Crippen molar-refractivity contribution in [3.05, 3.63) is 89.1 Å². The van der Waals surface area contributed by atoms with Gasteiger partial charge in [-0.15, -0.1) is 0 Å². The van der Waals surface area contributed by atoms with Crippen LogP contribution in [0.3, 0.4) is 0 Å². The molecule has 1 aromatic heterocycles. The molecule has 0 saturated heterocycles. The van der Waals surface area contributed by atoms with Crippen LogP contribution in [0.1, 0.15) is 48.0 Å². The van der Waals surface area contributed by atoms with Crippen molar-refractivity contribution >= 4 is 42.6 Å². The summed E-state index contributed by atoms with van der Waals surface area (Å²) in [6, 6.07) is 17.5. The van der Waals surface area contributed by atoms with Crippen LogP contribution in [0.15, 0.2) is 76.5 Å². The molecule has 200 valence electrons. The number of sulfonamides is 1. The lowest BCUT2D eigenvalue weighted by Crippen LogP contribution is -2.16. The molecule has 38 heavy (non-hydrogen) atoms. The van der Waals surface area contributed by atoms with Crippen LogP contribution in [0.25, 0.3) is 10.9 Å². The Bertz CT molecular complexity index is 1700. The average Bonchev–Trinajstić information content (AvgIpc) is 3.20. The summed E-state index contributed by atoms with van der Waals surface area (Å²) in [5.41, 5.74) is 2.65. The molecule has 4 rings (SSSR count). The fourth-order valence-electron chi connectivity index (χ4n) is 4.35. The molecular weight excluding hydrogens is 524 g/mol. The summed E-state index contributed by atoms with van der Waals surface area (Å²) in [5, 5.41) is 0.260. The molecular formula is C28H30N2O6S2. The van der Waals surface area contributed by atoms with Crippen LogP contribution in [-0.4, -0.2) is 33.4 Å². The molecule has 8 nitrogen and oxygen atoms in total. The number of fused-ring (bicyclic) bond motifs is 1. The van der Waals surface area contributed by atoms with Crippen molar-refractivity contribution in [3.63, 3.8) is 0 Å². The van der Waals surface area contributed by atoms with E-state index in [1.807, 2.05) is 13.8 Å². The van der Waals surface area contributed by atoms with Gasteiger partial charge in [-0.1, -0.05) is 38.1 Å². The Morgan fingerprint density at radius 1 is 0.816 bits per heavy atom. The largest absolute Gasteiger partial charge is 0.462 e. The lowest BCUT2D eigenvalue weighted by Gasteiger charge is -2.12. The average molecular weight is 555 g/mol. The maximum Gasteiger partial charge on any atom is 0.340 e. The van der Waals surface area contributed by atoms with E-state index in [0.29, 0.717) is 0 Å². The minimum atomic E-state index is -4.08. The van der Waals surface area contributed by atoms with Crippen LogP contribution in [0.2, 0.25) is 0 Å². The van der Waals surface area contributed by atoms with Crippen LogP contribution in [-0.2, 0) is 37.6 Å². The summed E-state index contributed by atoms with van der Waals surface area (Å²) < 4.78 is 62.3. The van der Waals surface area contributed by atoms with Gasteiger partial charge in [-0.3, -0.25) is 4.72 Å². The van der Waals surface area contributed by atoms with Gasteiger partial charge in [0.25, 0.3) is 20.0 Å². The zero-order valence-corrected chi connectivity index (χ0v) is 23.3. The van der Waals surface area contributed by atoms with Gasteiger partial charge in [0.05, 0.1) is 27.5 Å². The second kappa shape index (κ2) is 10.6. The monoisotopic (exact) mass is 554 g/mol.